The maximum absolute atomic E-state index is 12.0. The maximum Gasteiger partial charge on any atom is 0.159 e. The van der Waals surface area contributed by atoms with Crippen molar-refractivity contribution in [3.8, 4) is 0 Å². The Hall–Kier alpha value is -1.35. The number of ketones is 1. The summed E-state index contributed by atoms with van der Waals surface area (Å²) in [7, 11) is 0. The lowest BCUT2D eigenvalue weighted by atomic mass is 9.89. The Balaban J connectivity index is 1.57. The van der Waals surface area contributed by atoms with E-state index in [2.05, 4.69) is 35.8 Å². The number of rotatable bonds is 7. The third-order valence-corrected chi connectivity index (χ3v) is 6.81. The second-order valence-corrected chi connectivity index (χ2v) is 8.48. The standard InChI is InChI=1S/C22H32N2O/c1-4-17-10-18(16(3)25)12-22(15(17)2)24(21-6-5-7-21)9-8-23-13-19-11-20(19)14-23/h10,12,19-21H,4-9,11,13-14H2,1-3H3. The SMILES string of the molecule is CCc1cc(C(C)=O)cc(N(CCN2CC3CC3C2)C2CCC2)c1C. The first-order valence-electron chi connectivity index (χ1n) is 10.2. The number of likely N-dealkylation sites (tertiary alicyclic amines) is 1. The average molecular weight is 341 g/mol. The third kappa shape index (κ3) is 3.36. The molecule has 136 valence electrons. The molecule has 1 aliphatic heterocycles. The molecule has 2 unspecified atom stereocenters. The van der Waals surface area contributed by atoms with Crippen molar-refractivity contribution in [3.63, 3.8) is 0 Å². The van der Waals surface area contributed by atoms with Gasteiger partial charge in [0.1, 0.15) is 0 Å². The molecular formula is C22H32N2O. The molecule has 2 aliphatic carbocycles. The average Bonchev–Trinajstić information content (AvgIpc) is 3.16. The number of Topliss-reactive ketones (excluding diaryl/α,β-unsaturated/α-hetero) is 1. The molecule has 3 heteroatoms. The molecule has 3 nitrogen and oxygen atoms in total. The zero-order valence-corrected chi connectivity index (χ0v) is 16.1. The van der Waals surface area contributed by atoms with Gasteiger partial charge in [0.2, 0.25) is 0 Å². The molecular weight excluding hydrogens is 308 g/mol. The lowest BCUT2D eigenvalue weighted by Crippen LogP contribution is -2.45. The molecule has 3 fully saturated rings. The summed E-state index contributed by atoms with van der Waals surface area (Å²) in [5.74, 6) is 2.20. The van der Waals surface area contributed by atoms with Crippen LogP contribution < -0.4 is 4.90 Å². The Kier molecular flexibility index (Phi) is 4.61. The largest absolute Gasteiger partial charge is 0.367 e. The molecule has 0 radical (unpaired) electrons. The number of carbonyl (C=O) groups excluding carboxylic acids is 1. The minimum Gasteiger partial charge on any atom is -0.367 e. The second kappa shape index (κ2) is 6.75. The fourth-order valence-electron chi connectivity index (χ4n) is 4.75. The molecule has 0 aromatic heterocycles. The van der Waals surface area contributed by atoms with Crippen molar-refractivity contribution in [1.29, 1.82) is 0 Å². The normalized spacial score (nSPS) is 25.6. The zero-order chi connectivity index (χ0) is 17.6. The summed E-state index contributed by atoms with van der Waals surface area (Å²) in [4.78, 5) is 17.3. The highest BCUT2D eigenvalue weighted by atomic mass is 16.1. The van der Waals surface area contributed by atoms with E-state index >= 15 is 0 Å². The summed E-state index contributed by atoms with van der Waals surface area (Å²) < 4.78 is 0. The van der Waals surface area contributed by atoms with Gasteiger partial charge in [-0.15, -0.1) is 0 Å². The predicted molar refractivity (Wildman–Crippen MR) is 104 cm³/mol. The Morgan fingerprint density at radius 3 is 2.52 bits per heavy atom. The van der Waals surface area contributed by atoms with Crippen molar-refractivity contribution in [1.82, 2.24) is 4.90 Å². The number of hydrogen-bond acceptors (Lipinski definition) is 3. The maximum atomic E-state index is 12.0. The van der Waals surface area contributed by atoms with Crippen molar-refractivity contribution < 1.29 is 4.79 Å². The molecule has 1 aromatic rings. The summed E-state index contributed by atoms with van der Waals surface area (Å²) in [5, 5.41) is 0. The number of hydrogen-bond donors (Lipinski definition) is 0. The number of aryl methyl sites for hydroxylation is 1. The highest BCUT2D eigenvalue weighted by Crippen LogP contribution is 2.44. The van der Waals surface area contributed by atoms with E-state index in [1.54, 1.807) is 6.92 Å². The van der Waals surface area contributed by atoms with Crippen LogP contribution in [-0.2, 0) is 6.42 Å². The number of benzene rings is 1. The van der Waals surface area contributed by atoms with E-state index in [4.69, 9.17) is 0 Å². The number of carbonyl (C=O) groups is 1. The van der Waals surface area contributed by atoms with Crippen molar-refractivity contribution in [3.05, 3.63) is 28.8 Å². The van der Waals surface area contributed by atoms with Crippen LogP contribution in [0.4, 0.5) is 5.69 Å². The fraction of sp³-hybridized carbons (Fsp3) is 0.682. The molecule has 2 atom stereocenters. The number of fused-ring (bicyclic) bond motifs is 1. The first kappa shape index (κ1) is 17.1. The summed E-state index contributed by atoms with van der Waals surface area (Å²) >= 11 is 0. The highest BCUT2D eigenvalue weighted by molar-refractivity contribution is 5.95. The van der Waals surface area contributed by atoms with Crippen molar-refractivity contribution >= 4 is 11.5 Å². The van der Waals surface area contributed by atoms with E-state index < -0.39 is 0 Å². The van der Waals surface area contributed by atoms with E-state index in [1.807, 2.05) is 0 Å². The van der Waals surface area contributed by atoms with Gasteiger partial charge in [-0.05, 0) is 81.0 Å². The van der Waals surface area contributed by atoms with Gasteiger partial charge in [-0.3, -0.25) is 4.79 Å². The highest BCUT2D eigenvalue weighted by Gasteiger charge is 2.44. The first-order chi connectivity index (χ1) is 12.1. The quantitative estimate of drug-likeness (QED) is 0.699. The van der Waals surface area contributed by atoms with Crippen LogP contribution in [-0.4, -0.2) is 42.9 Å². The van der Waals surface area contributed by atoms with E-state index in [0.29, 0.717) is 6.04 Å². The molecule has 1 aromatic carbocycles. The minimum atomic E-state index is 0.184. The molecule has 1 heterocycles. The molecule has 0 bridgehead atoms. The summed E-state index contributed by atoms with van der Waals surface area (Å²) in [6, 6.07) is 4.94. The van der Waals surface area contributed by atoms with Gasteiger partial charge in [-0.2, -0.15) is 0 Å². The third-order valence-electron chi connectivity index (χ3n) is 6.81. The van der Waals surface area contributed by atoms with Gasteiger partial charge in [0.25, 0.3) is 0 Å². The lowest BCUT2D eigenvalue weighted by molar-refractivity contribution is 0.101. The van der Waals surface area contributed by atoms with E-state index in [9.17, 15) is 4.79 Å². The molecule has 2 saturated carbocycles. The van der Waals surface area contributed by atoms with Crippen molar-refractivity contribution in [2.75, 3.05) is 31.1 Å². The van der Waals surface area contributed by atoms with Crippen LogP contribution in [0.1, 0.15) is 61.0 Å². The number of nitrogens with zero attached hydrogens (tertiary/aromatic N) is 2. The van der Waals surface area contributed by atoms with Gasteiger partial charge < -0.3 is 9.80 Å². The Labute approximate surface area is 152 Å². The number of piperidine rings is 1. The van der Waals surface area contributed by atoms with E-state index in [0.717, 1.165) is 30.4 Å². The fourth-order valence-corrected chi connectivity index (χ4v) is 4.75. The van der Waals surface area contributed by atoms with Crippen molar-refractivity contribution in [2.45, 2.75) is 58.9 Å². The molecule has 3 aliphatic rings. The van der Waals surface area contributed by atoms with E-state index in [1.165, 1.54) is 62.1 Å². The molecule has 0 amide bonds. The predicted octanol–water partition coefficient (Wildman–Crippen LogP) is 4.07. The topological polar surface area (TPSA) is 23.6 Å². The monoisotopic (exact) mass is 340 g/mol. The number of anilines is 1. The van der Waals surface area contributed by atoms with Gasteiger partial charge in [-0.1, -0.05) is 6.92 Å². The summed E-state index contributed by atoms with van der Waals surface area (Å²) in [5.41, 5.74) is 4.90. The van der Waals surface area contributed by atoms with Crippen LogP contribution in [0, 0.1) is 18.8 Å². The van der Waals surface area contributed by atoms with Gasteiger partial charge in [-0.25, -0.2) is 0 Å². The lowest BCUT2D eigenvalue weighted by Gasteiger charge is -2.41. The van der Waals surface area contributed by atoms with Gasteiger partial charge in [0.15, 0.2) is 5.78 Å². The van der Waals surface area contributed by atoms with Crippen LogP contribution in [0.2, 0.25) is 0 Å². The molecule has 0 spiro atoms. The van der Waals surface area contributed by atoms with E-state index in [-0.39, 0.29) is 5.78 Å². The molecule has 25 heavy (non-hydrogen) atoms. The van der Waals surface area contributed by atoms with Gasteiger partial charge >= 0.3 is 0 Å². The Bertz CT molecular complexity index is 654. The summed E-state index contributed by atoms with van der Waals surface area (Å²) in [6.07, 6.45) is 6.42. The van der Waals surface area contributed by atoms with Crippen LogP contribution in [0.15, 0.2) is 12.1 Å². The summed E-state index contributed by atoms with van der Waals surface area (Å²) in [6.45, 7) is 11.0. The smallest absolute Gasteiger partial charge is 0.159 e. The first-order valence-corrected chi connectivity index (χ1v) is 10.2. The van der Waals surface area contributed by atoms with Gasteiger partial charge in [0.05, 0.1) is 0 Å². The Morgan fingerprint density at radius 2 is 1.96 bits per heavy atom. The van der Waals surface area contributed by atoms with Crippen LogP contribution >= 0.6 is 0 Å². The van der Waals surface area contributed by atoms with Crippen molar-refractivity contribution in [2.24, 2.45) is 11.8 Å². The second-order valence-electron chi connectivity index (χ2n) is 8.48. The van der Waals surface area contributed by atoms with Gasteiger partial charge in [0, 0.05) is 43.5 Å². The molecule has 0 N–H and O–H groups in total. The van der Waals surface area contributed by atoms with Crippen LogP contribution in [0.25, 0.3) is 0 Å². The molecule has 1 saturated heterocycles. The van der Waals surface area contributed by atoms with Crippen LogP contribution in [0.3, 0.4) is 0 Å². The Morgan fingerprint density at radius 1 is 1.24 bits per heavy atom. The zero-order valence-electron chi connectivity index (χ0n) is 16.1. The molecule has 4 rings (SSSR count). The van der Waals surface area contributed by atoms with Crippen LogP contribution in [0.5, 0.6) is 0 Å². The minimum absolute atomic E-state index is 0.184.